The topological polar surface area (TPSA) is 92.2 Å². The summed E-state index contributed by atoms with van der Waals surface area (Å²) in [5, 5.41) is 14.3. The highest BCUT2D eigenvalue weighted by Gasteiger charge is 2.21. The first-order chi connectivity index (χ1) is 14.1. The van der Waals surface area contributed by atoms with E-state index in [9.17, 15) is 14.7 Å². The van der Waals surface area contributed by atoms with E-state index in [4.69, 9.17) is 0 Å². The molecule has 2 N–H and O–H groups in total. The molecule has 6 nitrogen and oxygen atoms in total. The van der Waals surface area contributed by atoms with Crippen molar-refractivity contribution in [1.82, 2.24) is 15.3 Å². The van der Waals surface area contributed by atoms with Crippen LogP contribution in [-0.4, -0.2) is 33.0 Å². The number of nitrogens with one attached hydrogen (secondary N) is 1. The second-order valence-electron chi connectivity index (χ2n) is 6.87. The molecule has 0 unspecified atom stereocenters. The number of hydrogen-bond acceptors (Lipinski definition) is 4. The second kappa shape index (κ2) is 8.06. The van der Waals surface area contributed by atoms with Crippen LogP contribution >= 0.6 is 0 Å². The molecule has 0 spiro atoms. The molecule has 0 saturated heterocycles. The molecular weight excluding hydrogens is 366 g/mol. The number of carbonyl (C=O) groups excluding carboxylic acids is 1. The zero-order valence-corrected chi connectivity index (χ0v) is 15.6. The van der Waals surface area contributed by atoms with Crippen LogP contribution < -0.4 is 5.32 Å². The van der Waals surface area contributed by atoms with Crippen LogP contribution in [0.25, 0.3) is 21.8 Å². The molecule has 6 heteroatoms. The number of para-hydroxylation sites is 2. The first-order valence-electron chi connectivity index (χ1n) is 9.29. The van der Waals surface area contributed by atoms with Gasteiger partial charge in [-0.2, -0.15) is 0 Å². The largest absolute Gasteiger partial charge is 0.480 e. The van der Waals surface area contributed by atoms with Gasteiger partial charge in [0.15, 0.2) is 0 Å². The SMILES string of the molecule is O=C(Cc1ccc2ccccc2c1)N[C@@H](Cc1cnc2ccccc2n1)C(=O)O. The van der Waals surface area contributed by atoms with Crippen LogP contribution in [0.5, 0.6) is 0 Å². The molecule has 4 aromatic rings. The molecule has 0 aliphatic heterocycles. The fraction of sp³-hybridized carbons (Fsp3) is 0.130. The van der Waals surface area contributed by atoms with Gasteiger partial charge in [0.05, 0.1) is 23.1 Å². The van der Waals surface area contributed by atoms with E-state index in [1.54, 1.807) is 6.20 Å². The van der Waals surface area contributed by atoms with Gasteiger partial charge in [0, 0.05) is 12.6 Å². The number of benzene rings is 3. The maximum Gasteiger partial charge on any atom is 0.326 e. The van der Waals surface area contributed by atoms with Gasteiger partial charge in [0.25, 0.3) is 0 Å². The molecule has 0 fully saturated rings. The molecule has 0 radical (unpaired) electrons. The molecule has 1 atom stereocenters. The van der Waals surface area contributed by atoms with Gasteiger partial charge >= 0.3 is 5.97 Å². The second-order valence-corrected chi connectivity index (χ2v) is 6.87. The predicted molar refractivity (Wildman–Crippen MR) is 110 cm³/mol. The van der Waals surface area contributed by atoms with Crippen LogP contribution in [0.4, 0.5) is 0 Å². The van der Waals surface area contributed by atoms with E-state index in [2.05, 4.69) is 15.3 Å². The normalized spacial score (nSPS) is 12.0. The standard InChI is InChI=1S/C23H19N3O3/c27-22(12-15-9-10-16-5-1-2-6-17(16)11-15)26-21(23(28)29)13-18-14-24-19-7-3-4-8-20(19)25-18/h1-11,14,21H,12-13H2,(H,26,27)(H,28,29)/t21-/m0/s1. The quantitative estimate of drug-likeness (QED) is 0.532. The number of rotatable bonds is 6. The van der Waals surface area contributed by atoms with Crippen molar-refractivity contribution in [1.29, 1.82) is 0 Å². The molecule has 1 amide bonds. The van der Waals surface area contributed by atoms with Crippen LogP contribution in [0.1, 0.15) is 11.3 Å². The van der Waals surface area contributed by atoms with Crippen molar-refractivity contribution < 1.29 is 14.7 Å². The van der Waals surface area contributed by atoms with Gasteiger partial charge in [-0.1, -0.05) is 54.6 Å². The molecule has 144 valence electrons. The average molecular weight is 385 g/mol. The maximum atomic E-state index is 12.5. The number of aromatic nitrogens is 2. The van der Waals surface area contributed by atoms with Gasteiger partial charge in [0.1, 0.15) is 6.04 Å². The van der Waals surface area contributed by atoms with Gasteiger partial charge in [-0.25, -0.2) is 9.78 Å². The lowest BCUT2D eigenvalue weighted by Crippen LogP contribution is -2.43. The van der Waals surface area contributed by atoms with Crippen LogP contribution in [-0.2, 0) is 22.4 Å². The monoisotopic (exact) mass is 385 g/mol. The van der Waals surface area contributed by atoms with Crippen molar-refractivity contribution in [3.05, 3.63) is 84.2 Å². The van der Waals surface area contributed by atoms with E-state index in [0.717, 1.165) is 21.9 Å². The summed E-state index contributed by atoms with van der Waals surface area (Å²) in [5.74, 6) is -1.45. The average Bonchev–Trinajstić information content (AvgIpc) is 2.73. The molecule has 3 aromatic carbocycles. The summed E-state index contributed by atoms with van der Waals surface area (Å²) in [6, 6.07) is 20.0. The van der Waals surface area contributed by atoms with Crippen molar-refractivity contribution in [3.63, 3.8) is 0 Å². The molecule has 4 rings (SSSR count). The van der Waals surface area contributed by atoms with Crippen molar-refractivity contribution >= 4 is 33.7 Å². The van der Waals surface area contributed by atoms with Gasteiger partial charge < -0.3 is 10.4 Å². The Morgan fingerprint density at radius 3 is 2.45 bits per heavy atom. The number of amides is 1. The third kappa shape index (κ3) is 4.38. The fourth-order valence-corrected chi connectivity index (χ4v) is 3.28. The maximum absolute atomic E-state index is 12.5. The zero-order valence-electron chi connectivity index (χ0n) is 15.6. The highest BCUT2D eigenvalue weighted by Crippen LogP contribution is 2.16. The van der Waals surface area contributed by atoms with Crippen molar-refractivity contribution in [3.8, 4) is 0 Å². The summed E-state index contributed by atoms with van der Waals surface area (Å²) in [4.78, 5) is 32.9. The van der Waals surface area contributed by atoms with Gasteiger partial charge in [-0.05, 0) is 28.5 Å². The van der Waals surface area contributed by atoms with Crippen LogP contribution in [0.15, 0.2) is 72.9 Å². The van der Waals surface area contributed by atoms with Crippen molar-refractivity contribution in [2.45, 2.75) is 18.9 Å². The summed E-state index contributed by atoms with van der Waals surface area (Å²) in [6.45, 7) is 0. The minimum absolute atomic E-state index is 0.0661. The molecule has 1 aromatic heterocycles. The van der Waals surface area contributed by atoms with Gasteiger partial charge in [-0.15, -0.1) is 0 Å². The third-order valence-electron chi connectivity index (χ3n) is 4.72. The molecular formula is C23H19N3O3. The summed E-state index contributed by atoms with van der Waals surface area (Å²) in [6.07, 6.45) is 1.72. The molecule has 29 heavy (non-hydrogen) atoms. The number of fused-ring (bicyclic) bond motifs is 2. The molecule has 0 aliphatic carbocycles. The number of carboxylic acids is 1. The van der Waals surface area contributed by atoms with E-state index in [0.29, 0.717) is 11.2 Å². The highest BCUT2D eigenvalue weighted by atomic mass is 16.4. The smallest absolute Gasteiger partial charge is 0.326 e. The van der Waals surface area contributed by atoms with E-state index < -0.39 is 12.0 Å². The number of carboxylic acid groups (broad SMARTS) is 1. The number of hydrogen-bond donors (Lipinski definition) is 2. The van der Waals surface area contributed by atoms with E-state index in [1.807, 2.05) is 66.7 Å². The summed E-state index contributed by atoms with van der Waals surface area (Å²) in [7, 11) is 0. The lowest BCUT2D eigenvalue weighted by molar-refractivity contribution is -0.141. The molecule has 0 saturated carbocycles. The van der Waals surface area contributed by atoms with Crippen molar-refractivity contribution in [2.24, 2.45) is 0 Å². The van der Waals surface area contributed by atoms with Crippen LogP contribution in [0.2, 0.25) is 0 Å². The fourth-order valence-electron chi connectivity index (χ4n) is 3.28. The van der Waals surface area contributed by atoms with Gasteiger partial charge in [-0.3, -0.25) is 9.78 Å². The van der Waals surface area contributed by atoms with Crippen LogP contribution in [0, 0.1) is 0 Å². The summed E-state index contributed by atoms with van der Waals surface area (Å²) in [5.41, 5.74) is 2.78. The van der Waals surface area contributed by atoms with E-state index in [-0.39, 0.29) is 18.7 Å². The lowest BCUT2D eigenvalue weighted by atomic mass is 10.0. The number of nitrogens with zero attached hydrogens (tertiary/aromatic N) is 2. The Labute approximate surface area is 167 Å². The van der Waals surface area contributed by atoms with Gasteiger partial charge in [0.2, 0.25) is 5.91 Å². The Balaban J connectivity index is 1.46. The molecule has 0 bridgehead atoms. The lowest BCUT2D eigenvalue weighted by Gasteiger charge is -2.14. The Morgan fingerprint density at radius 1 is 0.931 bits per heavy atom. The predicted octanol–water partition coefficient (Wildman–Crippen LogP) is 3.14. The Hall–Kier alpha value is -3.80. The summed E-state index contributed by atoms with van der Waals surface area (Å²) < 4.78 is 0. The number of carbonyl (C=O) groups is 2. The first kappa shape index (κ1) is 18.6. The summed E-state index contributed by atoms with van der Waals surface area (Å²) >= 11 is 0. The van der Waals surface area contributed by atoms with E-state index in [1.165, 1.54) is 0 Å². The first-order valence-corrected chi connectivity index (χ1v) is 9.29. The Kier molecular flexibility index (Phi) is 5.16. The van der Waals surface area contributed by atoms with Crippen molar-refractivity contribution in [2.75, 3.05) is 0 Å². The molecule has 0 aliphatic rings. The Bertz CT molecular complexity index is 1210. The number of aliphatic carboxylic acids is 1. The zero-order chi connectivity index (χ0) is 20.2. The Morgan fingerprint density at radius 2 is 1.66 bits per heavy atom. The third-order valence-corrected chi connectivity index (χ3v) is 4.72. The van der Waals surface area contributed by atoms with Crippen LogP contribution in [0.3, 0.4) is 0 Å². The van der Waals surface area contributed by atoms with E-state index >= 15 is 0 Å². The highest BCUT2D eigenvalue weighted by molar-refractivity contribution is 5.87. The molecule has 1 heterocycles. The minimum Gasteiger partial charge on any atom is -0.480 e. The minimum atomic E-state index is -1.10.